The third kappa shape index (κ3) is 3.46. The van der Waals surface area contributed by atoms with E-state index in [9.17, 15) is 4.79 Å². The quantitative estimate of drug-likeness (QED) is 0.504. The Morgan fingerprint density at radius 1 is 0.923 bits per heavy atom. The lowest BCUT2D eigenvalue weighted by molar-refractivity contribution is 0.436. The van der Waals surface area contributed by atoms with Crippen LogP contribution in [-0.4, -0.2) is 4.57 Å². The molecule has 0 atom stereocenters. The summed E-state index contributed by atoms with van der Waals surface area (Å²) in [6.45, 7) is 8.69. The Balaban J connectivity index is 2.27. The van der Waals surface area contributed by atoms with E-state index in [-0.39, 0.29) is 5.43 Å². The number of fused-ring (bicyclic) bond motifs is 1. The maximum absolute atomic E-state index is 12.8. The van der Waals surface area contributed by atoms with Gasteiger partial charge in [-0.3, -0.25) is 4.79 Å². The Morgan fingerprint density at radius 2 is 1.65 bits per heavy atom. The fourth-order valence-corrected chi connectivity index (χ4v) is 4.07. The summed E-state index contributed by atoms with van der Waals surface area (Å²) in [5.41, 5.74) is 5.82. The molecule has 0 amide bonds. The number of aryl methyl sites for hydroxylation is 2. The van der Waals surface area contributed by atoms with E-state index in [2.05, 4.69) is 68.7 Å². The van der Waals surface area contributed by atoms with Gasteiger partial charge in [-0.15, -0.1) is 0 Å². The van der Waals surface area contributed by atoms with Crippen LogP contribution in [-0.2, 0) is 0 Å². The average Bonchev–Trinajstić information content (AvgIpc) is 2.62. The van der Waals surface area contributed by atoms with Crippen LogP contribution in [0, 0.1) is 13.8 Å². The Bertz CT molecular complexity index is 962. The highest BCUT2D eigenvalue weighted by atomic mass is 16.1. The van der Waals surface area contributed by atoms with Crippen molar-refractivity contribution in [3.05, 3.63) is 70.0 Å². The Labute approximate surface area is 156 Å². The number of rotatable bonds is 6. The second kappa shape index (κ2) is 7.90. The zero-order valence-electron chi connectivity index (χ0n) is 16.4. The molecule has 0 N–H and O–H groups in total. The van der Waals surface area contributed by atoms with E-state index in [4.69, 9.17) is 0 Å². The number of hydrogen-bond donors (Lipinski definition) is 0. The summed E-state index contributed by atoms with van der Waals surface area (Å²) in [5.74, 6) is 0. The number of nitrogens with zero attached hydrogens (tertiary/aromatic N) is 1. The molecule has 0 aliphatic rings. The minimum Gasteiger partial charge on any atom is -0.344 e. The normalized spacial score (nSPS) is 11.4. The zero-order valence-corrected chi connectivity index (χ0v) is 16.4. The van der Waals surface area contributed by atoms with Crippen molar-refractivity contribution in [2.45, 2.75) is 59.4 Å². The Kier molecular flexibility index (Phi) is 5.61. The van der Waals surface area contributed by atoms with Crippen molar-refractivity contribution in [1.29, 1.82) is 0 Å². The van der Waals surface area contributed by atoms with E-state index in [1.807, 2.05) is 6.20 Å². The lowest BCUT2D eigenvalue weighted by Gasteiger charge is -2.23. The molecule has 2 heteroatoms. The van der Waals surface area contributed by atoms with Crippen LogP contribution in [0.3, 0.4) is 0 Å². The lowest BCUT2D eigenvalue weighted by atomic mass is 9.95. The third-order valence-corrected chi connectivity index (χ3v) is 5.26. The summed E-state index contributed by atoms with van der Waals surface area (Å²) >= 11 is 0. The van der Waals surface area contributed by atoms with Crippen LogP contribution in [0.15, 0.2) is 53.5 Å². The molecule has 0 saturated heterocycles. The van der Waals surface area contributed by atoms with Crippen molar-refractivity contribution in [2.24, 2.45) is 0 Å². The molecule has 0 aliphatic heterocycles. The molecule has 26 heavy (non-hydrogen) atoms. The van der Waals surface area contributed by atoms with Crippen molar-refractivity contribution in [3.8, 4) is 11.1 Å². The molecule has 0 bridgehead atoms. The number of benzene rings is 2. The topological polar surface area (TPSA) is 22.0 Å². The van der Waals surface area contributed by atoms with Gasteiger partial charge in [0.1, 0.15) is 0 Å². The van der Waals surface area contributed by atoms with Crippen LogP contribution in [0.2, 0.25) is 0 Å². The van der Waals surface area contributed by atoms with Crippen molar-refractivity contribution >= 4 is 10.9 Å². The highest BCUT2D eigenvalue weighted by Gasteiger charge is 2.15. The molecule has 0 saturated carbocycles. The van der Waals surface area contributed by atoms with Gasteiger partial charge in [0.05, 0.1) is 10.9 Å². The highest BCUT2D eigenvalue weighted by Crippen LogP contribution is 2.31. The Hall–Kier alpha value is -2.35. The van der Waals surface area contributed by atoms with Gasteiger partial charge in [0, 0.05) is 18.3 Å². The fraction of sp³-hybridized carbons (Fsp3) is 0.375. The van der Waals surface area contributed by atoms with Gasteiger partial charge in [-0.05, 0) is 49.4 Å². The fourth-order valence-electron chi connectivity index (χ4n) is 4.07. The molecule has 0 spiro atoms. The highest BCUT2D eigenvalue weighted by molar-refractivity contribution is 5.95. The molecular weight excluding hydrogens is 318 g/mol. The first-order valence-corrected chi connectivity index (χ1v) is 9.78. The summed E-state index contributed by atoms with van der Waals surface area (Å²) in [6.07, 6.45) is 6.57. The number of aromatic nitrogens is 1. The third-order valence-electron chi connectivity index (χ3n) is 5.26. The van der Waals surface area contributed by atoms with E-state index in [0.717, 1.165) is 47.7 Å². The minimum atomic E-state index is 0.110. The van der Waals surface area contributed by atoms with Crippen molar-refractivity contribution in [3.63, 3.8) is 0 Å². The molecule has 2 aromatic carbocycles. The van der Waals surface area contributed by atoms with Gasteiger partial charge < -0.3 is 4.57 Å². The molecule has 0 radical (unpaired) electrons. The van der Waals surface area contributed by atoms with E-state index in [0.29, 0.717) is 6.04 Å². The molecule has 1 heterocycles. The average molecular weight is 348 g/mol. The predicted molar refractivity (Wildman–Crippen MR) is 112 cm³/mol. The molecule has 0 fully saturated rings. The SMILES string of the molecule is CCCC(CCC)n1ccc(=O)c2c(-c3ccc(C)cc3C)cccc21. The van der Waals surface area contributed by atoms with Gasteiger partial charge in [0.25, 0.3) is 0 Å². The molecule has 136 valence electrons. The van der Waals surface area contributed by atoms with E-state index in [1.165, 1.54) is 11.1 Å². The summed E-state index contributed by atoms with van der Waals surface area (Å²) in [7, 11) is 0. The minimum absolute atomic E-state index is 0.110. The van der Waals surface area contributed by atoms with Crippen molar-refractivity contribution in [2.75, 3.05) is 0 Å². The first-order chi connectivity index (χ1) is 12.6. The standard InChI is InChI=1S/C24H29NO/c1-5-8-19(9-6-2)25-15-14-23(26)24-21(10-7-11-22(24)25)20-13-12-17(3)16-18(20)4/h7,10-16,19H,5-6,8-9H2,1-4H3. The maximum Gasteiger partial charge on any atom is 0.190 e. The first kappa shape index (κ1) is 18.4. The molecule has 3 rings (SSSR count). The van der Waals surface area contributed by atoms with E-state index >= 15 is 0 Å². The van der Waals surface area contributed by atoms with E-state index in [1.54, 1.807) is 6.07 Å². The van der Waals surface area contributed by atoms with E-state index < -0.39 is 0 Å². The first-order valence-electron chi connectivity index (χ1n) is 9.78. The monoisotopic (exact) mass is 347 g/mol. The summed E-state index contributed by atoms with van der Waals surface area (Å²) in [4.78, 5) is 12.8. The molecular formula is C24H29NO. The van der Waals surface area contributed by atoms with Gasteiger partial charge in [-0.2, -0.15) is 0 Å². The lowest BCUT2D eigenvalue weighted by Crippen LogP contribution is -2.14. The van der Waals surface area contributed by atoms with Crippen LogP contribution < -0.4 is 5.43 Å². The van der Waals surface area contributed by atoms with Crippen molar-refractivity contribution in [1.82, 2.24) is 4.57 Å². The number of hydrogen-bond acceptors (Lipinski definition) is 1. The summed E-state index contributed by atoms with van der Waals surface area (Å²) in [6, 6.07) is 14.9. The van der Waals surface area contributed by atoms with Crippen LogP contribution in [0.1, 0.15) is 56.7 Å². The number of pyridine rings is 1. The molecule has 0 unspecified atom stereocenters. The molecule has 3 aromatic rings. The predicted octanol–water partition coefficient (Wildman–Crippen LogP) is 6.43. The molecule has 1 aromatic heterocycles. The van der Waals surface area contributed by atoms with Crippen LogP contribution in [0.5, 0.6) is 0 Å². The van der Waals surface area contributed by atoms with Gasteiger partial charge in [0.15, 0.2) is 5.43 Å². The van der Waals surface area contributed by atoms with Gasteiger partial charge in [0.2, 0.25) is 0 Å². The van der Waals surface area contributed by atoms with Gasteiger partial charge in [-0.1, -0.05) is 62.6 Å². The molecule has 2 nitrogen and oxygen atoms in total. The zero-order chi connectivity index (χ0) is 18.7. The van der Waals surface area contributed by atoms with Crippen LogP contribution in [0.4, 0.5) is 0 Å². The molecule has 0 aliphatic carbocycles. The largest absolute Gasteiger partial charge is 0.344 e. The second-order valence-corrected chi connectivity index (χ2v) is 7.34. The second-order valence-electron chi connectivity index (χ2n) is 7.34. The van der Waals surface area contributed by atoms with Gasteiger partial charge in [-0.25, -0.2) is 0 Å². The van der Waals surface area contributed by atoms with Crippen LogP contribution in [0.25, 0.3) is 22.0 Å². The van der Waals surface area contributed by atoms with Crippen LogP contribution >= 0.6 is 0 Å². The Morgan fingerprint density at radius 3 is 2.31 bits per heavy atom. The smallest absolute Gasteiger partial charge is 0.190 e. The summed E-state index contributed by atoms with van der Waals surface area (Å²) in [5, 5.41) is 0.846. The van der Waals surface area contributed by atoms with Gasteiger partial charge >= 0.3 is 0 Å². The van der Waals surface area contributed by atoms with Crippen molar-refractivity contribution < 1.29 is 0 Å². The maximum atomic E-state index is 12.8. The summed E-state index contributed by atoms with van der Waals surface area (Å²) < 4.78 is 2.33.